The third-order valence-electron chi connectivity index (χ3n) is 3.28. The van der Waals surface area contributed by atoms with Crippen molar-refractivity contribution < 1.29 is 14.3 Å². The van der Waals surface area contributed by atoms with Gasteiger partial charge in [-0.05, 0) is 62.2 Å². The van der Waals surface area contributed by atoms with Gasteiger partial charge in [-0.15, -0.1) is 0 Å². The number of methoxy groups -OCH3 is 1. The van der Waals surface area contributed by atoms with Crippen LogP contribution < -0.4 is 9.47 Å². The van der Waals surface area contributed by atoms with Crippen LogP contribution in [0.5, 0.6) is 11.5 Å². The molecule has 0 amide bonds. The number of Topliss-reactive ketones (excluding diaryl/α,β-unsaturated/α-hetero) is 1. The van der Waals surface area contributed by atoms with E-state index in [1.807, 2.05) is 32.0 Å². The fourth-order valence-electron chi connectivity index (χ4n) is 2.29. The molecule has 0 N–H and O–H groups in total. The summed E-state index contributed by atoms with van der Waals surface area (Å²) in [5.41, 5.74) is 3.85. The summed E-state index contributed by atoms with van der Waals surface area (Å²) in [4.78, 5) is 11.5. The first-order valence-electron chi connectivity index (χ1n) is 6.88. The number of ketones is 1. The Labute approximate surface area is 125 Å². The van der Waals surface area contributed by atoms with Crippen LogP contribution in [0.4, 0.5) is 0 Å². The minimum atomic E-state index is 0.0327. The zero-order valence-corrected chi connectivity index (χ0v) is 12.9. The quantitative estimate of drug-likeness (QED) is 0.776. The van der Waals surface area contributed by atoms with Crippen LogP contribution in [0.25, 0.3) is 0 Å². The SMILES string of the molecule is COc1ccc(C(C)=O)cc1COc1cc(C)cc(C)c1. The molecular formula is C18H20O3. The highest BCUT2D eigenvalue weighted by molar-refractivity contribution is 5.94. The minimum Gasteiger partial charge on any atom is -0.496 e. The maximum absolute atomic E-state index is 11.5. The molecule has 21 heavy (non-hydrogen) atoms. The predicted molar refractivity (Wildman–Crippen MR) is 83.2 cm³/mol. The van der Waals surface area contributed by atoms with Gasteiger partial charge in [-0.3, -0.25) is 4.79 Å². The van der Waals surface area contributed by atoms with Crippen LogP contribution >= 0.6 is 0 Å². The standard InChI is InChI=1S/C18H20O3/c1-12-7-13(2)9-17(8-12)21-11-16-10-15(14(3)19)5-6-18(16)20-4/h5-10H,11H2,1-4H3. The summed E-state index contributed by atoms with van der Waals surface area (Å²) in [7, 11) is 1.61. The zero-order valence-electron chi connectivity index (χ0n) is 12.9. The normalized spacial score (nSPS) is 10.3. The molecule has 0 aromatic heterocycles. The van der Waals surface area contributed by atoms with E-state index in [0.29, 0.717) is 12.2 Å². The maximum atomic E-state index is 11.5. The van der Waals surface area contributed by atoms with E-state index in [1.165, 1.54) is 0 Å². The van der Waals surface area contributed by atoms with E-state index in [0.717, 1.165) is 28.2 Å². The number of ether oxygens (including phenoxy) is 2. The molecule has 0 bridgehead atoms. The molecule has 0 spiro atoms. The van der Waals surface area contributed by atoms with Gasteiger partial charge in [0, 0.05) is 11.1 Å². The average Bonchev–Trinajstić information content (AvgIpc) is 2.43. The van der Waals surface area contributed by atoms with Gasteiger partial charge in [-0.25, -0.2) is 0 Å². The summed E-state index contributed by atoms with van der Waals surface area (Å²) in [5, 5.41) is 0. The molecule has 110 valence electrons. The first-order chi connectivity index (χ1) is 9.99. The monoisotopic (exact) mass is 284 g/mol. The summed E-state index contributed by atoms with van der Waals surface area (Å²) < 4.78 is 11.2. The molecule has 3 heteroatoms. The Morgan fingerprint density at radius 2 is 1.71 bits per heavy atom. The number of hydrogen-bond acceptors (Lipinski definition) is 3. The number of aryl methyl sites for hydroxylation is 2. The average molecular weight is 284 g/mol. The molecule has 0 saturated heterocycles. The van der Waals surface area contributed by atoms with Gasteiger partial charge >= 0.3 is 0 Å². The topological polar surface area (TPSA) is 35.5 Å². The van der Waals surface area contributed by atoms with Crippen LogP contribution in [-0.4, -0.2) is 12.9 Å². The Kier molecular flexibility index (Phi) is 4.63. The van der Waals surface area contributed by atoms with Gasteiger partial charge in [-0.1, -0.05) is 6.07 Å². The summed E-state index contributed by atoms with van der Waals surface area (Å²) in [5.74, 6) is 1.58. The Bertz CT molecular complexity index is 639. The third-order valence-corrected chi connectivity index (χ3v) is 3.28. The van der Waals surface area contributed by atoms with Crippen LogP contribution in [0.1, 0.15) is 34.0 Å². The van der Waals surface area contributed by atoms with Gasteiger partial charge in [0.2, 0.25) is 0 Å². The Hall–Kier alpha value is -2.29. The molecule has 0 radical (unpaired) electrons. The van der Waals surface area contributed by atoms with Gasteiger partial charge in [0.1, 0.15) is 18.1 Å². The lowest BCUT2D eigenvalue weighted by molar-refractivity contribution is 0.101. The summed E-state index contributed by atoms with van der Waals surface area (Å²) >= 11 is 0. The van der Waals surface area contributed by atoms with Crippen molar-refractivity contribution in [2.75, 3.05) is 7.11 Å². The lowest BCUT2D eigenvalue weighted by Gasteiger charge is -2.12. The first-order valence-corrected chi connectivity index (χ1v) is 6.88. The van der Waals surface area contributed by atoms with Gasteiger partial charge in [0.25, 0.3) is 0 Å². The molecule has 2 aromatic rings. The summed E-state index contributed by atoms with van der Waals surface area (Å²) in [6.45, 7) is 6.00. The van der Waals surface area contributed by atoms with Crippen molar-refractivity contribution in [3.8, 4) is 11.5 Å². The van der Waals surface area contributed by atoms with Crippen LogP contribution in [-0.2, 0) is 6.61 Å². The van der Waals surface area contributed by atoms with E-state index in [4.69, 9.17) is 9.47 Å². The van der Waals surface area contributed by atoms with Gasteiger partial charge < -0.3 is 9.47 Å². The van der Waals surface area contributed by atoms with Crippen molar-refractivity contribution >= 4 is 5.78 Å². The zero-order chi connectivity index (χ0) is 15.4. The van der Waals surface area contributed by atoms with Crippen molar-refractivity contribution in [1.29, 1.82) is 0 Å². The molecule has 0 aliphatic heterocycles. The van der Waals surface area contributed by atoms with Crippen molar-refractivity contribution in [2.45, 2.75) is 27.4 Å². The number of benzene rings is 2. The molecule has 0 fully saturated rings. The van der Waals surface area contributed by atoms with Crippen LogP contribution in [0.2, 0.25) is 0 Å². The highest BCUT2D eigenvalue weighted by Gasteiger charge is 2.08. The van der Waals surface area contributed by atoms with E-state index in [-0.39, 0.29) is 5.78 Å². The molecular weight excluding hydrogens is 264 g/mol. The molecule has 3 nitrogen and oxygen atoms in total. The second-order valence-electron chi connectivity index (χ2n) is 5.19. The van der Waals surface area contributed by atoms with Crippen LogP contribution in [0.15, 0.2) is 36.4 Å². The minimum absolute atomic E-state index is 0.0327. The summed E-state index contributed by atoms with van der Waals surface area (Å²) in [6, 6.07) is 11.5. The van der Waals surface area contributed by atoms with E-state index in [1.54, 1.807) is 26.2 Å². The molecule has 0 saturated carbocycles. The Morgan fingerprint density at radius 3 is 2.29 bits per heavy atom. The van der Waals surface area contributed by atoms with E-state index >= 15 is 0 Å². The lowest BCUT2D eigenvalue weighted by atomic mass is 10.1. The van der Waals surface area contributed by atoms with Crippen molar-refractivity contribution in [3.05, 3.63) is 58.7 Å². The number of carbonyl (C=O) groups excluding carboxylic acids is 1. The lowest BCUT2D eigenvalue weighted by Crippen LogP contribution is -2.02. The third kappa shape index (κ3) is 3.85. The second-order valence-corrected chi connectivity index (χ2v) is 5.19. The van der Waals surface area contributed by atoms with Gasteiger partial charge in [-0.2, -0.15) is 0 Å². The molecule has 0 unspecified atom stereocenters. The largest absolute Gasteiger partial charge is 0.496 e. The molecule has 0 heterocycles. The molecule has 2 aromatic carbocycles. The second kappa shape index (κ2) is 6.44. The molecule has 0 aliphatic carbocycles. The van der Waals surface area contributed by atoms with E-state index in [2.05, 4.69) is 6.07 Å². The van der Waals surface area contributed by atoms with E-state index in [9.17, 15) is 4.79 Å². The molecule has 2 rings (SSSR count). The van der Waals surface area contributed by atoms with Crippen molar-refractivity contribution in [1.82, 2.24) is 0 Å². The number of rotatable bonds is 5. The van der Waals surface area contributed by atoms with Gasteiger partial charge in [0.05, 0.1) is 7.11 Å². The Morgan fingerprint density at radius 1 is 1.05 bits per heavy atom. The Balaban J connectivity index is 2.21. The van der Waals surface area contributed by atoms with Gasteiger partial charge in [0.15, 0.2) is 5.78 Å². The number of hydrogen-bond donors (Lipinski definition) is 0. The first kappa shape index (κ1) is 15.1. The highest BCUT2D eigenvalue weighted by Crippen LogP contribution is 2.23. The summed E-state index contributed by atoms with van der Waals surface area (Å²) in [6.07, 6.45) is 0. The number of carbonyl (C=O) groups is 1. The van der Waals surface area contributed by atoms with E-state index < -0.39 is 0 Å². The van der Waals surface area contributed by atoms with Crippen molar-refractivity contribution in [2.24, 2.45) is 0 Å². The van der Waals surface area contributed by atoms with Crippen molar-refractivity contribution in [3.63, 3.8) is 0 Å². The maximum Gasteiger partial charge on any atom is 0.159 e. The fourth-order valence-corrected chi connectivity index (χ4v) is 2.29. The van der Waals surface area contributed by atoms with Crippen LogP contribution in [0.3, 0.4) is 0 Å². The predicted octanol–water partition coefficient (Wildman–Crippen LogP) is 4.09. The fraction of sp³-hybridized carbons (Fsp3) is 0.278. The van der Waals surface area contributed by atoms with Crippen LogP contribution in [0, 0.1) is 13.8 Å². The highest BCUT2D eigenvalue weighted by atomic mass is 16.5. The smallest absolute Gasteiger partial charge is 0.159 e. The molecule has 0 atom stereocenters. The molecule has 0 aliphatic rings.